The van der Waals surface area contributed by atoms with Crippen LogP contribution < -0.4 is 15.9 Å². The Kier molecular flexibility index (Phi) is 4.48. The van der Waals surface area contributed by atoms with Crippen molar-refractivity contribution in [2.45, 2.75) is 26.3 Å². The molecule has 140 valence electrons. The van der Waals surface area contributed by atoms with E-state index in [9.17, 15) is 9.59 Å². The molecule has 6 nitrogen and oxygen atoms in total. The summed E-state index contributed by atoms with van der Waals surface area (Å²) in [5, 5.41) is 2.92. The fourth-order valence-electron chi connectivity index (χ4n) is 3.91. The van der Waals surface area contributed by atoms with Crippen molar-refractivity contribution in [3.63, 3.8) is 0 Å². The monoisotopic (exact) mass is 364 g/mol. The molecule has 27 heavy (non-hydrogen) atoms. The Morgan fingerprint density at radius 2 is 1.78 bits per heavy atom. The van der Waals surface area contributed by atoms with E-state index >= 15 is 0 Å². The van der Waals surface area contributed by atoms with Crippen LogP contribution in [0.1, 0.15) is 18.4 Å². The van der Waals surface area contributed by atoms with Crippen LogP contribution in [0.3, 0.4) is 0 Å². The number of fused-ring (bicyclic) bond motifs is 1. The zero-order valence-electron chi connectivity index (χ0n) is 15.7. The van der Waals surface area contributed by atoms with E-state index in [2.05, 4.69) is 23.2 Å². The molecular formula is C21H24N4O2. The van der Waals surface area contributed by atoms with E-state index in [1.807, 2.05) is 36.4 Å². The normalized spacial score (nSPS) is 14.1. The van der Waals surface area contributed by atoms with Crippen LogP contribution in [-0.2, 0) is 18.4 Å². The number of para-hydroxylation sites is 2. The highest BCUT2D eigenvalue weighted by atomic mass is 16.2. The molecule has 0 unspecified atom stereocenters. The maximum absolute atomic E-state index is 12.5. The number of imidazole rings is 1. The van der Waals surface area contributed by atoms with Gasteiger partial charge in [-0.15, -0.1) is 0 Å². The fraction of sp³-hybridized carbons (Fsp3) is 0.333. The molecule has 1 fully saturated rings. The highest BCUT2D eigenvalue weighted by molar-refractivity contribution is 5.92. The number of amides is 1. The van der Waals surface area contributed by atoms with Gasteiger partial charge in [0.1, 0.15) is 6.54 Å². The first kappa shape index (κ1) is 17.4. The summed E-state index contributed by atoms with van der Waals surface area (Å²) >= 11 is 0. The Morgan fingerprint density at radius 1 is 1.07 bits per heavy atom. The Balaban J connectivity index is 1.53. The van der Waals surface area contributed by atoms with E-state index in [0.717, 1.165) is 35.4 Å². The third kappa shape index (κ3) is 3.23. The smallest absolute Gasteiger partial charge is 0.329 e. The second-order valence-electron chi connectivity index (χ2n) is 7.16. The molecule has 1 N–H and O–H groups in total. The molecule has 1 amide bonds. The van der Waals surface area contributed by atoms with Gasteiger partial charge in [0.2, 0.25) is 5.91 Å². The topological polar surface area (TPSA) is 59.3 Å². The van der Waals surface area contributed by atoms with Gasteiger partial charge in [-0.2, -0.15) is 0 Å². The van der Waals surface area contributed by atoms with Crippen LogP contribution in [0.5, 0.6) is 0 Å². The number of nitrogens with zero attached hydrogens (tertiary/aromatic N) is 3. The molecule has 0 saturated carbocycles. The lowest BCUT2D eigenvalue weighted by Crippen LogP contribution is -2.28. The summed E-state index contributed by atoms with van der Waals surface area (Å²) in [7, 11) is 1.72. The summed E-state index contributed by atoms with van der Waals surface area (Å²) in [4.78, 5) is 27.4. The minimum atomic E-state index is -0.207. The number of hydrogen-bond donors (Lipinski definition) is 1. The zero-order chi connectivity index (χ0) is 19.0. The van der Waals surface area contributed by atoms with Gasteiger partial charge < -0.3 is 10.2 Å². The first-order valence-corrected chi connectivity index (χ1v) is 9.34. The minimum Gasteiger partial charge on any atom is -0.371 e. The Morgan fingerprint density at radius 3 is 2.48 bits per heavy atom. The number of aryl methyl sites for hydroxylation is 2. The van der Waals surface area contributed by atoms with Crippen LogP contribution in [0, 0.1) is 6.92 Å². The molecule has 0 spiro atoms. The molecule has 2 aromatic carbocycles. The minimum absolute atomic E-state index is 0.00683. The Hall–Kier alpha value is -3.02. The molecule has 1 aliphatic heterocycles. The fourth-order valence-corrected chi connectivity index (χ4v) is 3.91. The largest absolute Gasteiger partial charge is 0.371 e. The molecule has 0 aliphatic carbocycles. The molecular weight excluding hydrogens is 340 g/mol. The van der Waals surface area contributed by atoms with Gasteiger partial charge in [0.05, 0.1) is 11.0 Å². The molecule has 0 radical (unpaired) electrons. The van der Waals surface area contributed by atoms with Crippen LogP contribution in [0.15, 0.2) is 47.3 Å². The van der Waals surface area contributed by atoms with Gasteiger partial charge in [-0.05, 0) is 55.7 Å². The first-order valence-electron chi connectivity index (χ1n) is 9.34. The maximum Gasteiger partial charge on any atom is 0.329 e. The van der Waals surface area contributed by atoms with Crippen LogP contribution in [-0.4, -0.2) is 28.1 Å². The highest BCUT2D eigenvalue weighted by Gasteiger charge is 2.16. The third-order valence-electron chi connectivity index (χ3n) is 5.28. The van der Waals surface area contributed by atoms with Crippen LogP contribution >= 0.6 is 0 Å². The molecule has 0 atom stereocenters. The van der Waals surface area contributed by atoms with Crippen molar-refractivity contribution >= 4 is 28.3 Å². The van der Waals surface area contributed by atoms with Gasteiger partial charge in [0, 0.05) is 31.5 Å². The zero-order valence-corrected chi connectivity index (χ0v) is 15.7. The van der Waals surface area contributed by atoms with Gasteiger partial charge in [-0.1, -0.05) is 12.1 Å². The molecule has 1 aromatic heterocycles. The van der Waals surface area contributed by atoms with E-state index in [1.165, 1.54) is 23.1 Å². The number of aromatic nitrogens is 2. The van der Waals surface area contributed by atoms with E-state index < -0.39 is 0 Å². The lowest BCUT2D eigenvalue weighted by atomic mass is 10.1. The highest BCUT2D eigenvalue weighted by Crippen LogP contribution is 2.26. The summed E-state index contributed by atoms with van der Waals surface area (Å²) in [6, 6.07) is 13.5. The summed E-state index contributed by atoms with van der Waals surface area (Å²) < 4.78 is 3.08. The number of rotatable bonds is 4. The van der Waals surface area contributed by atoms with E-state index in [4.69, 9.17) is 0 Å². The van der Waals surface area contributed by atoms with Crippen molar-refractivity contribution in [2.24, 2.45) is 7.05 Å². The van der Waals surface area contributed by atoms with Crippen molar-refractivity contribution in [1.29, 1.82) is 0 Å². The predicted octanol–water partition coefficient (Wildman–Crippen LogP) is 2.89. The average molecular weight is 364 g/mol. The van der Waals surface area contributed by atoms with Crippen molar-refractivity contribution in [1.82, 2.24) is 9.13 Å². The summed E-state index contributed by atoms with van der Waals surface area (Å²) in [6.07, 6.45) is 2.47. The quantitative estimate of drug-likeness (QED) is 0.774. The van der Waals surface area contributed by atoms with Gasteiger partial charge in [-0.3, -0.25) is 13.9 Å². The predicted molar refractivity (Wildman–Crippen MR) is 108 cm³/mol. The Bertz CT molecular complexity index is 1060. The van der Waals surface area contributed by atoms with Crippen LogP contribution in [0.25, 0.3) is 11.0 Å². The second-order valence-corrected chi connectivity index (χ2v) is 7.16. The van der Waals surface area contributed by atoms with E-state index in [-0.39, 0.29) is 18.1 Å². The second kappa shape index (κ2) is 6.95. The number of benzene rings is 2. The first-order chi connectivity index (χ1) is 13.0. The van der Waals surface area contributed by atoms with Gasteiger partial charge >= 0.3 is 5.69 Å². The van der Waals surface area contributed by atoms with Crippen molar-refractivity contribution in [3.05, 3.63) is 58.5 Å². The lowest BCUT2D eigenvalue weighted by Gasteiger charge is -2.20. The van der Waals surface area contributed by atoms with Crippen LogP contribution in [0.4, 0.5) is 11.4 Å². The van der Waals surface area contributed by atoms with Gasteiger partial charge in [0.25, 0.3) is 0 Å². The van der Waals surface area contributed by atoms with E-state index in [0.29, 0.717) is 0 Å². The number of nitrogens with one attached hydrogen (secondary N) is 1. The molecule has 0 bridgehead atoms. The summed E-state index contributed by atoms with van der Waals surface area (Å²) in [5.74, 6) is -0.207. The lowest BCUT2D eigenvalue weighted by molar-refractivity contribution is -0.116. The Labute approximate surface area is 158 Å². The third-order valence-corrected chi connectivity index (χ3v) is 5.28. The summed E-state index contributed by atoms with van der Waals surface area (Å²) in [5.41, 5.74) is 4.54. The van der Waals surface area contributed by atoms with E-state index in [1.54, 1.807) is 11.6 Å². The molecule has 1 aliphatic rings. The van der Waals surface area contributed by atoms with Gasteiger partial charge in [-0.25, -0.2) is 4.79 Å². The molecule has 2 heterocycles. The standard InChI is InChI=1S/C21H24N4O2/c1-15-13-16(9-10-17(15)24-11-5-6-12-24)22-20(26)14-25-19-8-4-3-7-18(19)23(2)21(25)27/h3-4,7-10,13H,5-6,11-12,14H2,1-2H3,(H,22,26). The molecule has 4 rings (SSSR count). The van der Waals surface area contributed by atoms with Gasteiger partial charge in [0.15, 0.2) is 0 Å². The number of hydrogen-bond acceptors (Lipinski definition) is 3. The number of anilines is 2. The number of carbonyl (C=O) groups excluding carboxylic acids is 1. The summed E-state index contributed by atoms with van der Waals surface area (Å²) in [6.45, 7) is 4.25. The van der Waals surface area contributed by atoms with Crippen molar-refractivity contribution in [2.75, 3.05) is 23.3 Å². The SMILES string of the molecule is Cc1cc(NC(=O)Cn2c(=O)n(C)c3ccccc32)ccc1N1CCCC1. The average Bonchev–Trinajstić information content (AvgIpc) is 3.26. The molecule has 1 saturated heterocycles. The van der Waals surface area contributed by atoms with Crippen molar-refractivity contribution in [3.8, 4) is 0 Å². The van der Waals surface area contributed by atoms with Crippen LogP contribution in [0.2, 0.25) is 0 Å². The van der Waals surface area contributed by atoms with Crippen molar-refractivity contribution < 1.29 is 4.79 Å². The molecule has 3 aromatic rings. The number of carbonyl (C=O) groups is 1. The molecule has 6 heteroatoms. The maximum atomic E-state index is 12.5.